The number of amides is 1. The normalized spacial score (nSPS) is 38.1. The summed E-state index contributed by atoms with van der Waals surface area (Å²) in [7, 11) is 0. The molecule has 0 aromatic heterocycles. The highest BCUT2D eigenvalue weighted by molar-refractivity contribution is 5.80. The predicted molar refractivity (Wildman–Crippen MR) is 76.7 cm³/mol. The Morgan fingerprint density at radius 3 is 2.32 bits per heavy atom. The molecule has 1 atom stereocenters. The van der Waals surface area contributed by atoms with Crippen LogP contribution in [0.4, 0.5) is 0 Å². The van der Waals surface area contributed by atoms with Gasteiger partial charge in [0, 0.05) is 5.92 Å². The number of aliphatic hydroxyl groups is 1. The largest absolute Gasteiger partial charge is 0.394 e. The molecule has 0 bridgehead atoms. The number of aliphatic hydroxyl groups excluding tert-OH is 1. The van der Waals surface area contributed by atoms with Crippen molar-refractivity contribution < 1.29 is 9.90 Å². The van der Waals surface area contributed by atoms with Crippen LogP contribution in [-0.4, -0.2) is 23.2 Å². The number of nitrogens with one attached hydrogen (secondary N) is 1. The van der Waals surface area contributed by atoms with Crippen molar-refractivity contribution in [3.63, 3.8) is 0 Å². The molecule has 1 amide bonds. The molecular formula is C16H29NO2. The third kappa shape index (κ3) is 3.13. The van der Waals surface area contributed by atoms with Gasteiger partial charge in [-0.1, -0.05) is 27.2 Å². The Labute approximate surface area is 117 Å². The maximum absolute atomic E-state index is 12.6. The molecule has 3 nitrogen and oxygen atoms in total. The van der Waals surface area contributed by atoms with Gasteiger partial charge in [0.25, 0.3) is 0 Å². The molecule has 1 unspecified atom stereocenters. The summed E-state index contributed by atoms with van der Waals surface area (Å²) in [6.07, 6.45) is 7.33. The van der Waals surface area contributed by atoms with Gasteiger partial charge in [-0.2, -0.15) is 0 Å². The molecular weight excluding hydrogens is 238 g/mol. The van der Waals surface area contributed by atoms with E-state index >= 15 is 0 Å². The lowest BCUT2D eigenvalue weighted by Crippen LogP contribution is -2.55. The summed E-state index contributed by atoms with van der Waals surface area (Å²) in [5.74, 6) is 1.01. The van der Waals surface area contributed by atoms with Crippen LogP contribution in [0.15, 0.2) is 0 Å². The smallest absolute Gasteiger partial charge is 0.224 e. The van der Waals surface area contributed by atoms with Crippen LogP contribution in [0.1, 0.15) is 65.7 Å². The highest BCUT2D eigenvalue weighted by Crippen LogP contribution is 2.43. The van der Waals surface area contributed by atoms with Gasteiger partial charge >= 0.3 is 0 Å². The van der Waals surface area contributed by atoms with Crippen LogP contribution in [0.2, 0.25) is 0 Å². The molecule has 0 radical (unpaired) electrons. The molecule has 2 aliphatic rings. The SMILES string of the molecule is CC1CCC(CO)(NC(=O)C2CCCC2(C)C)CC1. The van der Waals surface area contributed by atoms with Crippen LogP contribution < -0.4 is 5.32 Å². The van der Waals surface area contributed by atoms with Crippen molar-refractivity contribution in [2.75, 3.05) is 6.61 Å². The summed E-state index contributed by atoms with van der Waals surface area (Å²) in [5.41, 5.74) is -0.231. The first-order chi connectivity index (χ1) is 8.88. The maximum Gasteiger partial charge on any atom is 0.224 e. The van der Waals surface area contributed by atoms with Gasteiger partial charge in [0.05, 0.1) is 12.1 Å². The van der Waals surface area contributed by atoms with Crippen LogP contribution in [0.3, 0.4) is 0 Å². The molecule has 2 fully saturated rings. The zero-order valence-electron chi connectivity index (χ0n) is 12.7. The topological polar surface area (TPSA) is 49.3 Å². The van der Waals surface area contributed by atoms with Crippen molar-refractivity contribution in [2.24, 2.45) is 17.3 Å². The first kappa shape index (κ1) is 14.8. The van der Waals surface area contributed by atoms with E-state index in [1.807, 2.05) is 0 Å². The van der Waals surface area contributed by atoms with Gasteiger partial charge < -0.3 is 10.4 Å². The second-order valence-electron chi connectivity index (χ2n) is 7.54. The molecule has 2 rings (SSSR count). The van der Waals surface area contributed by atoms with E-state index in [0.29, 0.717) is 0 Å². The van der Waals surface area contributed by atoms with E-state index in [9.17, 15) is 9.90 Å². The first-order valence-corrected chi connectivity index (χ1v) is 7.81. The molecule has 0 aromatic rings. The molecule has 2 aliphatic carbocycles. The van der Waals surface area contributed by atoms with Crippen molar-refractivity contribution in [3.8, 4) is 0 Å². The third-order valence-electron chi connectivity index (χ3n) is 5.50. The third-order valence-corrected chi connectivity index (χ3v) is 5.50. The summed E-state index contributed by atoms with van der Waals surface area (Å²) < 4.78 is 0. The van der Waals surface area contributed by atoms with E-state index in [2.05, 4.69) is 26.1 Å². The standard InChI is InChI=1S/C16H29NO2/c1-12-6-9-16(11-18,10-7-12)17-14(19)13-5-4-8-15(13,2)3/h12-13,18H,4-11H2,1-3H3,(H,17,19). The van der Waals surface area contributed by atoms with Crippen LogP contribution >= 0.6 is 0 Å². The molecule has 0 saturated heterocycles. The van der Waals surface area contributed by atoms with E-state index in [1.165, 1.54) is 0 Å². The number of rotatable bonds is 3. The van der Waals surface area contributed by atoms with Crippen molar-refractivity contribution in [1.29, 1.82) is 0 Å². The Bertz CT molecular complexity index is 330. The minimum atomic E-state index is -0.345. The number of hydrogen-bond donors (Lipinski definition) is 2. The van der Waals surface area contributed by atoms with Gasteiger partial charge in [0.2, 0.25) is 5.91 Å². The minimum Gasteiger partial charge on any atom is -0.394 e. The van der Waals surface area contributed by atoms with Crippen molar-refractivity contribution >= 4 is 5.91 Å². The summed E-state index contributed by atoms with van der Waals surface area (Å²) in [6.45, 7) is 6.72. The van der Waals surface area contributed by atoms with Gasteiger partial charge in [0.15, 0.2) is 0 Å². The van der Waals surface area contributed by atoms with Gasteiger partial charge in [-0.15, -0.1) is 0 Å². The lowest BCUT2D eigenvalue weighted by molar-refractivity contribution is -0.131. The molecule has 19 heavy (non-hydrogen) atoms. The van der Waals surface area contributed by atoms with E-state index in [-0.39, 0.29) is 29.4 Å². The van der Waals surface area contributed by atoms with Crippen LogP contribution in [0.5, 0.6) is 0 Å². The molecule has 0 aromatic carbocycles. The summed E-state index contributed by atoms with van der Waals surface area (Å²) in [6, 6.07) is 0. The Morgan fingerprint density at radius 1 is 1.21 bits per heavy atom. The molecule has 3 heteroatoms. The molecule has 2 saturated carbocycles. The van der Waals surface area contributed by atoms with Gasteiger partial charge in [0.1, 0.15) is 0 Å². The molecule has 110 valence electrons. The number of hydrogen-bond acceptors (Lipinski definition) is 2. The van der Waals surface area contributed by atoms with Crippen molar-refractivity contribution in [3.05, 3.63) is 0 Å². The average molecular weight is 267 g/mol. The lowest BCUT2D eigenvalue weighted by atomic mass is 9.76. The fraction of sp³-hybridized carbons (Fsp3) is 0.938. The second-order valence-corrected chi connectivity index (χ2v) is 7.54. The van der Waals surface area contributed by atoms with Crippen LogP contribution in [-0.2, 0) is 4.79 Å². The van der Waals surface area contributed by atoms with Crippen LogP contribution in [0.25, 0.3) is 0 Å². The monoisotopic (exact) mass is 267 g/mol. The fourth-order valence-corrected chi connectivity index (χ4v) is 3.80. The Balaban J connectivity index is 2.00. The summed E-state index contributed by atoms with van der Waals surface area (Å²) in [4.78, 5) is 12.6. The Morgan fingerprint density at radius 2 is 1.84 bits per heavy atom. The van der Waals surface area contributed by atoms with Crippen molar-refractivity contribution in [2.45, 2.75) is 71.3 Å². The first-order valence-electron chi connectivity index (χ1n) is 7.81. The highest BCUT2D eigenvalue weighted by Gasteiger charge is 2.43. The van der Waals surface area contributed by atoms with Crippen molar-refractivity contribution in [1.82, 2.24) is 5.32 Å². The van der Waals surface area contributed by atoms with Crippen LogP contribution in [0, 0.1) is 17.3 Å². The van der Waals surface area contributed by atoms with E-state index < -0.39 is 0 Å². The number of carbonyl (C=O) groups is 1. The molecule has 2 N–H and O–H groups in total. The van der Waals surface area contributed by atoms with Gasteiger partial charge in [-0.05, 0) is 49.9 Å². The molecule has 0 spiro atoms. The lowest BCUT2D eigenvalue weighted by Gasteiger charge is -2.40. The summed E-state index contributed by atoms with van der Waals surface area (Å²) in [5, 5.41) is 12.9. The quantitative estimate of drug-likeness (QED) is 0.826. The minimum absolute atomic E-state index is 0.0820. The maximum atomic E-state index is 12.6. The Hall–Kier alpha value is -0.570. The van der Waals surface area contributed by atoms with E-state index in [0.717, 1.165) is 50.9 Å². The fourth-order valence-electron chi connectivity index (χ4n) is 3.80. The zero-order chi connectivity index (χ0) is 14.1. The number of carbonyl (C=O) groups excluding carboxylic acids is 1. The highest BCUT2D eigenvalue weighted by atomic mass is 16.3. The molecule has 0 heterocycles. The second kappa shape index (κ2) is 5.43. The average Bonchev–Trinajstić information content (AvgIpc) is 2.72. The molecule has 0 aliphatic heterocycles. The zero-order valence-corrected chi connectivity index (χ0v) is 12.7. The predicted octanol–water partition coefficient (Wildman–Crippen LogP) is 2.87. The van der Waals surface area contributed by atoms with Gasteiger partial charge in [-0.3, -0.25) is 4.79 Å². The summed E-state index contributed by atoms with van der Waals surface area (Å²) >= 11 is 0. The van der Waals surface area contributed by atoms with Gasteiger partial charge in [-0.25, -0.2) is 0 Å². The van der Waals surface area contributed by atoms with E-state index in [1.54, 1.807) is 0 Å². The Kier molecular flexibility index (Phi) is 4.24. The van der Waals surface area contributed by atoms with E-state index in [4.69, 9.17) is 0 Å².